The summed E-state index contributed by atoms with van der Waals surface area (Å²) in [6.45, 7) is 7.36. The van der Waals surface area contributed by atoms with Crippen LogP contribution in [0.15, 0.2) is 54.6 Å². The molecule has 0 atom stereocenters. The molecule has 0 aliphatic carbocycles. The number of likely N-dealkylation sites (tertiary alicyclic amines) is 1. The molecule has 0 saturated carbocycles. The van der Waals surface area contributed by atoms with E-state index in [1.807, 2.05) is 39.0 Å². The van der Waals surface area contributed by atoms with Gasteiger partial charge in [-0.2, -0.15) is 13.2 Å². The highest BCUT2D eigenvalue weighted by Gasteiger charge is 2.44. The summed E-state index contributed by atoms with van der Waals surface area (Å²) in [5, 5.41) is 0. The van der Waals surface area contributed by atoms with Crippen molar-refractivity contribution in [2.75, 3.05) is 19.6 Å². The van der Waals surface area contributed by atoms with Gasteiger partial charge in [-0.05, 0) is 62.4 Å². The number of amides is 2. The van der Waals surface area contributed by atoms with Crippen LogP contribution in [0.2, 0.25) is 0 Å². The van der Waals surface area contributed by atoms with Crippen LogP contribution >= 0.6 is 0 Å². The highest BCUT2D eigenvalue weighted by molar-refractivity contribution is 5.92. The summed E-state index contributed by atoms with van der Waals surface area (Å²) < 4.78 is 45.4. The van der Waals surface area contributed by atoms with Gasteiger partial charge in [0, 0.05) is 37.7 Å². The van der Waals surface area contributed by atoms with E-state index in [1.165, 1.54) is 35.9 Å². The fourth-order valence-corrected chi connectivity index (χ4v) is 5.09. The molecule has 2 aliphatic rings. The van der Waals surface area contributed by atoms with E-state index in [-0.39, 0.29) is 23.0 Å². The Morgan fingerprint density at radius 3 is 2.25 bits per heavy atom. The second-order valence-corrected chi connectivity index (χ2v) is 10.5. The van der Waals surface area contributed by atoms with E-state index in [4.69, 9.17) is 4.74 Å². The van der Waals surface area contributed by atoms with E-state index in [0.29, 0.717) is 39.0 Å². The molecular weight excluding hydrogens is 469 g/mol. The van der Waals surface area contributed by atoms with Crippen LogP contribution in [0.1, 0.15) is 55.9 Å². The van der Waals surface area contributed by atoms with Crippen LogP contribution in [0.5, 0.6) is 0 Å². The largest absolute Gasteiger partial charge is 0.444 e. The predicted octanol–water partition coefficient (Wildman–Crippen LogP) is 6.03. The number of piperidine rings is 1. The number of carbonyl (C=O) groups is 2. The smallest absolute Gasteiger partial charge is 0.416 e. The monoisotopic (exact) mass is 500 g/mol. The van der Waals surface area contributed by atoms with Gasteiger partial charge in [0.25, 0.3) is 0 Å². The highest BCUT2D eigenvalue weighted by Crippen LogP contribution is 2.42. The molecule has 5 nitrogen and oxygen atoms in total. The minimum Gasteiger partial charge on any atom is -0.444 e. The van der Waals surface area contributed by atoms with Crippen LogP contribution in [0.3, 0.4) is 0 Å². The lowest BCUT2D eigenvalue weighted by Crippen LogP contribution is -2.54. The van der Waals surface area contributed by atoms with Gasteiger partial charge in [0.15, 0.2) is 0 Å². The van der Waals surface area contributed by atoms with Gasteiger partial charge in [-0.15, -0.1) is 0 Å². The van der Waals surface area contributed by atoms with Crippen molar-refractivity contribution >= 4 is 18.1 Å². The lowest BCUT2D eigenvalue weighted by molar-refractivity contribution is -0.137. The Hall–Kier alpha value is -3.29. The highest BCUT2D eigenvalue weighted by atomic mass is 19.4. The molecule has 0 aromatic heterocycles. The third kappa shape index (κ3) is 5.58. The number of benzene rings is 2. The molecule has 0 unspecified atom stereocenters. The Morgan fingerprint density at radius 2 is 1.58 bits per heavy atom. The molecule has 1 fully saturated rings. The Labute approximate surface area is 209 Å². The van der Waals surface area contributed by atoms with Crippen molar-refractivity contribution in [2.45, 2.75) is 57.3 Å². The molecule has 4 rings (SSSR count). The van der Waals surface area contributed by atoms with Gasteiger partial charge in [0.05, 0.1) is 5.56 Å². The van der Waals surface area contributed by atoms with E-state index in [0.717, 1.165) is 11.6 Å². The van der Waals surface area contributed by atoms with Crippen molar-refractivity contribution in [2.24, 2.45) is 0 Å². The molecule has 2 aliphatic heterocycles. The first-order chi connectivity index (χ1) is 16.9. The molecule has 2 aromatic carbocycles. The topological polar surface area (TPSA) is 49.9 Å². The lowest BCUT2D eigenvalue weighted by Gasteiger charge is -2.48. The van der Waals surface area contributed by atoms with Crippen molar-refractivity contribution in [1.29, 1.82) is 0 Å². The van der Waals surface area contributed by atoms with E-state index in [1.54, 1.807) is 9.80 Å². The van der Waals surface area contributed by atoms with Crippen molar-refractivity contribution in [3.05, 3.63) is 76.9 Å². The van der Waals surface area contributed by atoms with Gasteiger partial charge in [-0.3, -0.25) is 4.79 Å². The van der Waals surface area contributed by atoms with Gasteiger partial charge >= 0.3 is 12.3 Å². The van der Waals surface area contributed by atoms with Crippen LogP contribution in [0.25, 0.3) is 6.08 Å². The fourth-order valence-electron chi connectivity index (χ4n) is 5.09. The standard InChI is InChI=1S/C28H31F3N2O3/c1-26(2,3)36-25(35)33-18-21-9-5-6-10-22(21)27(19-33)14-16-32(17-15-27)24(34)13-12-20-8-4-7-11-23(20)28(29,30)31/h4-13H,14-19H2,1-3H3/b13-12+. The molecule has 0 bridgehead atoms. The Kier molecular flexibility index (Phi) is 6.90. The first kappa shape index (κ1) is 25.8. The number of hydrogen-bond acceptors (Lipinski definition) is 3. The SMILES string of the molecule is CC(C)(C)OC(=O)N1Cc2ccccc2C2(CCN(C(=O)/C=C/c3ccccc3C(F)(F)F)CC2)C1. The van der Waals surface area contributed by atoms with Crippen LogP contribution in [0.4, 0.5) is 18.0 Å². The number of ether oxygens (including phenoxy) is 1. The van der Waals surface area contributed by atoms with Crippen molar-refractivity contribution < 1.29 is 27.5 Å². The van der Waals surface area contributed by atoms with Crippen LogP contribution in [-0.2, 0) is 27.7 Å². The van der Waals surface area contributed by atoms with E-state index in [2.05, 4.69) is 6.07 Å². The first-order valence-electron chi connectivity index (χ1n) is 12.1. The summed E-state index contributed by atoms with van der Waals surface area (Å²) in [5.41, 5.74) is 0.529. The zero-order valence-electron chi connectivity index (χ0n) is 20.8. The van der Waals surface area contributed by atoms with Crippen molar-refractivity contribution in [3.8, 4) is 0 Å². The summed E-state index contributed by atoms with van der Waals surface area (Å²) >= 11 is 0. The van der Waals surface area contributed by atoms with Crippen molar-refractivity contribution in [3.63, 3.8) is 0 Å². The lowest BCUT2D eigenvalue weighted by atomic mass is 9.69. The molecule has 0 N–H and O–H groups in total. The Morgan fingerprint density at radius 1 is 0.944 bits per heavy atom. The van der Waals surface area contributed by atoms with Gasteiger partial charge in [0.1, 0.15) is 5.60 Å². The molecular formula is C28H31F3N2O3. The van der Waals surface area contributed by atoms with E-state index in [9.17, 15) is 22.8 Å². The zero-order chi connectivity index (χ0) is 26.1. The first-order valence-corrected chi connectivity index (χ1v) is 12.1. The average molecular weight is 501 g/mol. The molecule has 2 heterocycles. The molecule has 1 saturated heterocycles. The molecule has 36 heavy (non-hydrogen) atoms. The molecule has 2 amide bonds. The number of hydrogen-bond donors (Lipinski definition) is 0. The summed E-state index contributed by atoms with van der Waals surface area (Å²) in [4.78, 5) is 29.1. The maximum absolute atomic E-state index is 13.3. The number of carbonyl (C=O) groups excluding carboxylic acids is 2. The van der Waals surface area contributed by atoms with Crippen LogP contribution in [0, 0.1) is 0 Å². The van der Waals surface area contributed by atoms with Gasteiger partial charge in [0.2, 0.25) is 5.91 Å². The molecule has 192 valence electrons. The van der Waals surface area contributed by atoms with Gasteiger partial charge < -0.3 is 14.5 Å². The summed E-state index contributed by atoms with van der Waals surface area (Å²) in [6.07, 6.45) is -1.12. The normalized spacial score (nSPS) is 17.8. The van der Waals surface area contributed by atoms with Crippen molar-refractivity contribution in [1.82, 2.24) is 9.80 Å². The summed E-state index contributed by atoms with van der Waals surface area (Å²) in [7, 11) is 0. The predicted molar refractivity (Wildman–Crippen MR) is 131 cm³/mol. The quantitative estimate of drug-likeness (QED) is 0.473. The average Bonchev–Trinajstić information content (AvgIpc) is 2.81. The maximum atomic E-state index is 13.3. The van der Waals surface area contributed by atoms with E-state index < -0.39 is 17.3 Å². The number of rotatable bonds is 2. The Balaban J connectivity index is 1.49. The Bertz CT molecular complexity index is 1160. The molecule has 2 aromatic rings. The summed E-state index contributed by atoms with van der Waals surface area (Å²) in [6, 6.07) is 13.2. The van der Waals surface area contributed by atoms with Gasteiger partial charge in [-0.25, -0.2) is 4.79 Å². The molecule has 8 heteroatoms. The van der Waals surface area contributed by atoms with Crippen LogP contribution < -0.4 is 0 Å². The fraction of sp³-hybridized carbons (Fsp3) is 0.429. The van der Waals surface area contributed by atoms with Gasteiger partial charge in [-0.1, -0.05) is 42.5 Å². The molecule has 0 radical (unpaired) electrons. The number of alkyl halides is 3. The van der Waals surface area contributed by atoms with Crippen LogP contribution in [-0.4, -0.2) is 47.0 Å². The number of nitrogens with zero attached hydrogens (tertiary/aromatic N) is 2. The van der Waals surface area contributed by atoms with E-state index >= 15 is 0 Å². The minimum absolute atomic E-state index is 0.0407. The maximum Gasteiger partial charge on any atom is 0.416 e. The number of halogens is 3. The summed E-state index contributed by atoms with van der Waals surface area (Å²) in [5.74, 6) is -0.324. The second kappa shape index (κ2) is 9.64. The third-order valence-electron chi connectivity index (χ3n) is 6.80. The third-order valence-corrected chi connectivity index (χ3v) is 6.80. The minimum atomic E-state index is -4.49. The zero-order valence-corrected chi connectivity index (χ0v) is 20.8. The molecule has 1 spiro atoms. The number of fused-ring (bicyclic) bond motifs is 2. The second-order valence-electron chi connectivity index (χ2n) is 10.5.